The molecule has 1 aromatic carbocycles. The van der Waals surface area contributed by atoms with Crippen molar-refractivity contribution >= 4 is 17.4 Å². The van der Waals surface area contributed by atoms with Crippen LogP contribution in [0.3, 0.4) is 0 Å². The van der Waals surface area contributed by atoms with Gasteiger partial charge in [-0.05, 0) is 55.2 Å². The Labute approximate surface area is 202 Å². The summed E-state index contributed by atoms with van der Waals surface area (Å²) >= 11 is 6.40. The maximum Gasteiger partial charge on any atom is 0.151 e. The van der Waals surface area contributed by atoms with Crippen molar-refractivity contribution in [1.82, 2.24) is 24.6 Å². The maximum atomic E-state index is 13.2. The molecule has 4 aliphatic rings. The molecule has 7 nitrogen and oxygen atoms in total. The molecule has 3 aromatic rings. The van der Waals surface area contributed by atoms with Crippen molar-refractivity contribution in [3.8, 4) is 5.69 Å². The van der Waals surface area contributed by atoms with E-state index in [2.05, 4.69) is 36.6 Å². The van der Waals surface area contributed by atoms with Crippen molar-refractivity contribution < 1.29 is 9.13 Å². The van der Waals surface area contributed by atoms with Gasteiger partial charge in [-0.3, -0.25) is 9.47 Å². The standard InChI is InChI=1S/C25H26ClFN6O/c26-18-1-3-21-16(7-18)11-31(20-5-6-34-13-20)12-23-29-30-24(33(21)23)17-8-25(9-17)14-32(15-25)22-4-2-19(27)10-28-22/h1-4,7,10,17,20H,5-6,8-9,11-15H2/t20-/m0/s1. The lowest BCUT2D eigenvalue weighted by molar-refractivity contribution is 0.0581. The average molecular weight is 481 g/mol. The minimum atomic E-state index is -0.296. The largest absolute Gasteiger partial charge is 0.380 e. The second kappa shape index (κ2) is 7.73. The molecule has 0 N–H and O–H groups in total. The van der Waals surface area contributed by atoms with Crippen LogP contribution >= 0.6 is 11.6 Å². The van der Waals surface area contributed by atoms with Gasteiger partial charge in [0.25, 0.3) is 0 Å². The highest BCUT2D eigenvalue weighted by molar-refractivity contribution is 6.30. The molecule has 34 heavy (non-hydrogen) atoms. The third kappa shape index (κ3) is 3.34. The topological polar surface area (TPSA) is 59.3 Å². The van der Waals surface area contributed by atoms with Crippen molar-refractivity contribution in [3.05, 3.63) is 64.6 Å². The molecular weight excluding hydrogens is 455 g/mol. The molecule has 2 aromatic heterocycles. The van der Waals surface area contributed by atoms with E-state index >= 15 is 0 Å². The molecule has 1 aliphatic carbocycles. The van der Waals surface area contributed by atoms with Gasteiger partial charge in [-0.15, -0.1) is 10.2 Å². The molecule has 1 saturated carbocycles. The van der Waals surface area contributed by atoms with Gasteiger partial charge >= 0.3 is 0 Å². The summed E-state index contributed by atoms with van der Waals surface area (Å²) in [6, 6.07) is 9.80. The maximum absolute atomic E-state index is 13.2. The highest BCUT2D eigenvalue weighted by atomic mass is 35.5. The number of ether oxygens (including phenoxy) is 1. The highest BCUT2D eigenvalue weighted by Gasteiger charge is 2.54. The van der Waals surface area contributed by atoms with E-state index in [9.17, 15) is 4.39 Å². The predicted molar refractivity (Wildman–Crippen MR) is 126 cm³/mol. The molecule has 176 valence electrons. The van der Waals surface area contributed by atoms with E-state index in [-0.39, 0.29) is 5.82 Å². The number of benzene rings is 1. The molecule has 7 rings (SSSR count). The van der Waals surface area contributed by atoms with Crippen LogP contribution in [0.4, 0.5) is 10.2 Å². The number of aromatic nitrogens is 4. The van der Waals surface area contributed by atoms with Gasteiger partial charge in [0, 0.05) is 48.6 Å². The average Bonchev–Trinajstić information content (AvgIpc) is 3.41. The molecule has 5 heterocycles. The molecule has 9 heteroatoms. The van der Waals surface area contributed by atoms with Crippen LogP contribution < -0.4 is 4.90 Å². The molecule has 2 saturated heterocycles. The van der Waals surface area contributed by atoms with Gasteiger partial charge in [-0.25, -0.2) is 9.37 Å². The Morgan fingerprint density at radius 2 is 1.97 bits per heavy atom. The number of rotatable bonds is 3. The van der Waals surface area contributed by atoms with E-state index in [0.29, 0.717) is 17.4 Å². The summed E-state index contributed by atoms with van der Waals surface area (Å²) in [7, 11) is 0. The first-order chi connectivity index (χ1) is 16.6. The first kappa shape index (κ1) is 20.8. The molecule has 0 radical (unpaired) electrons. The van der Waals surface area contributed by atoms with E-state index in [1.165, 1.54) is 17.8 Å². The van der Waals surface area contributed by atoms with E-state index in [0.717, 1.165) is 86.8 Å². The van der Waals surface area contributed by atoms with Crippen LogP contribution in [0.25, 0.3) is 5.69 Å². The number of anilines is 1. The van der Waals surface area contributed by atoms with E-state index < -0.39 is 0 Å². The first-order valence-corrected chi connectivity index (χ1v) is 12.4. The quantitative estimate of drug-likeness (QED) is 0.566. The van der Waals surface area contributed by atoms with Crippen LogP contribution in [0.2, 0.25) is 5.02 Å². The molecule has 1 spiro atoms. The smallest absolute Gasteiger partial charge is 0.151 e. The zero-order chi connectivity index (χ0) is 22.9. The molecule has 0 bridgehead atoms. The fraction of sp³-hybridized carbons (Fsp3) is 0.480. The zero-order valence-electron chi connectivity index (χ0n) is 18.8. The summed E-state index contributed by atoms with van der Waals surface area (Å²) in [6.07, 6.45) is 4.51. The van der Waals surface area contributed by atoms with Crippen LogP contribution in [0, 0.1) is 11.2 Å². The fourth-order valence-electron chi connectivity index (χ4n) is 6.29. The Morgan fingerprint density at radius 1 is 1.09 bits per heavy atom. The Bertz CT molecular complexity index is 1230. The number of hydrogen-bond acceptors (Lipinski definition) is 6. The van der Waals surface area contributed by atoms with Gasteiger partial charge < -0.3 is 9.64 Å². The second-order valence-corrected chi connectivity index (χ2v) is 10.7. The van der Waals surface area contributed by atoms with Gasteiger partial charge in [0.1, 0.15) is 17.5 Å². The summed E-state index contributed by atoms with van der Waals surface area (Å²) < 4.78 is 21.2. The Kier molecular flexibility index (Phi) is 4.73. The summed E-state index contributed by atoms with van der Waals surface area (Å²) in [5.41, 5.74) is 2.66. The number of hydrogen-bond donors (Lipinski definition) is 0. The lowest BCUT2D eigenvalue weighted by atomic mass is 9.57. The fourth-order valence-corrected chi connectivity index (χ4v) is 6.48. The third-order valence-corrected chi connectivity index (χ3v) is 8.22. The minimum absolute atomic E-state index is 0.296. The number of pyridine rings is 1. The Morgan fingerprint density at radius 3 is 2.74 bits per heavy atom. The van der Waals surface area contributed by atoms with Crippen molar-refractivity contribution in [3.63, 3.8) is 0 Å². The van der Waals surface area contributed by atoms with Crippen LogP contribution in [0.15, 0.2) is 36.5 Å². The summed E-state index contributed by atoms with van der Waals surface area (Å²) in [5, 5.41) is 10.1. The Hall–Kier alpha value is -2.55. The molecule has 1 atom stereocenters. The summed E-state index contributed by atoms with van der Waals surface area (Å²) in [5.74, 6) is 3.00. The minimum Gasteiger partial charge on any atom is -0.380 e. The highest BCUT2D eigenvalue weighted by Crippen LogP contribution is 2.56. The SMILES string of the molecule is Fc1ccc(N2CC3(CC(c4nnc5n4-c4ccc(Cl)cc4CN([C@H]4CCOC4)C5)C3)C2)nc1. The molecule has 3 fully saturated rings. The van der Waals surface area contributed by atoms with Crippen LogP contribution in [0.5, 0.6) is 0 Å². The van der Waals surface area contributed by atoms with Crippen molar-refractivity contribution in [2.75, 3.05) is 31.2 Å². The van der Waals surface area contributed by atoms with Crippen molar-refractivity contribution in [2.45, 2.75) is 44.3 Å². The van der Waals surface area contributed by atoms with Gasteiger partial charge in [0.05, 0.1) is 25.0 Å². The lowest BCUT2D eigenvalue weighted by Gasteiger charge is -2.59. The van der Waals surface area contributed by atoms with E-state index in [4.69, 9.17) is 21.4 Å². The number of fused-ring (bicyclic) bond motifs is 3. The second-order valence-electron chi connectivity index (χ2n) is 10.3. The van der Waals surface area contributed by atoms with Gasteiger partial charge in [0.15, 0.2) is 5.82 Å². The zero-order valence-corrected chi connectivity index (χ0v) is 19.6. The van der Waals surface area contributed by atoms with E-state index in [1.54, 1.807) is 6.07 Å². The van der Waals surface area contributed by atoms with Crippen LogP contribution in [-0.2, 0) is 17.8 Å². The predicted octanol–water partition coefficient (Wildman–Crippen LogP) is 3.94. The molecule has 3 aliphatic heterocycles. The molecule has 0 amide bonds. The van der Waals surface area contributed by atoms with Gasteiger partial charge in [-0.1, -0.05) is 11.6 Å². The van der Waals surface area contributed by atoms with Gasteiger partial charge in [0.2, 0.25) is 0 Å². The molecular formula is C25H26ClFN6O. The summed E-state index contributed by atoms with van der Waals surface area (Å²) in [4.78, 5) is 8.93. The van der Waals surface area contributed by atoms with Gasteiger partial charge in [-0.2, -0.15) is 0 Å². The normalized spacial score (nSPS) is 23.8. The monoisotopic (exact) mass is 480 g/mol. The number of nitrogens with zero attached hydrogens (tertiary/aromatic N) is 6. The molecule has 0 unspecified atom stereocenters. The Balaban J connectivity index is 1.14. The van der Waals surface area contributed by atoms with Crippen molar-refractivity contribution in [1.29, 1.82) is 0 Å². The first-order valence-electron chi connectivity index (χ1n) is 12.0. The number of halogens is 2. The van der Waals surface area contributed by atoms with Crippen molar-refractivity contribution in [2.24, 2.45) is 5.41 Å². The van der Waals surface area contributed by atoms with E-state index in [1.807, 2.05) is 6.07 Å². The van der Waals surface area contributed by atoms with Crippen LogP contribution in [-0.4, -0.2) is 57.0 Å². The third-order valence-electron chi connectivity index (χ3n) is 7.99. The lowest BCUT2D eigenvalue weighted by Crippen LogP contribution is -2.62. The summed E-state index contributed by atoms with van der Waals surface area (Å²) in [6.45, 7) is 5.10. The van der Waals surface area contributed by atoms with Crippen LogP contribution in [0.1, 0.15) is 42.4 Å².